The van der Waals surface area contributed by atoms with Gasteiger partial charge in [-0.25, -0.2) is 9.78 Å². The van der Waals surface area contributed by atoms with Crippen LogP contribution in [0, 0.1) is 0 Å². The second-order valence-electron chi connectivity index (χ2n) is 9.87. The summed E-state index contributed by atoms with van der Waals surface area (Å²) in [5.41, 5.74) is 4.24. The Morgan fingerprint density at radius 1 is 1.10 bits per heavy atom. The fourth-order valence-corrected chi connectivity index (χ4v) is 5.19. The average Bonchev–Trinajstić information content (AvgIpc) is 2.98. The first-order chi connectivity index (χ1) is 19.1. The molecule has 3 heterocycles. The molecule has 8 heteroatoms. The number of esters is 1. The van der Waals surface area contributed by atoms with Gasteiger partial charge in [0.05, 0.1) is 19.2 Å². The van der Waals surface area contributed by atoms with Gasteiger partial charge in [0.25, 0.3) is 0 Å². The quantitative estimate of drug-likeness (QED) is 0.305. The van der Waals surface area contributed by atoms with Gasteiger partial charge in [0.1, 0.15) is 13.2 Å². The maximum atomic E-state index is 11.8. The first-order valence-electron chi connectivity index (χ1n) is 13.8. The Bertz CT molecular complexity index is 1320. The van der Waals surface area contributed by atoms with E-state index in [1.807, 2.05) is 18.2 Å². The number of ether oxygens (including phenoxy) is 4. The number of rotatable bonds is 10. The monoisotopic (exact) mass is 531 g/mol. The largest absolute Gasteiger partial charge is 0.486 e. The van der Waals surface area contributed by atoms with E-state index in [1.54, 1.807) is 20.1 Å². The van der Waals surface area contributed by atoms with Crippen molar-refractivity contribution in [2.75, 3.05) is 46.6 Å². The molecular weight excluding hydrogens is 494 g/mol. The molecule has 2 aliphatic rings. The number of hydrogen-bond acceptors (Lipinski definition) is 8. The number of fused-ring (bicyclic) bond motifs is 2. The topological polar surface area (TPSA) is 82.2 Å². The highest BCUT2D eigenvalue weighted by Gasteiger charge is 2.20. The number of nitrogens with one attached hydrogen (secondary N) is 1. The summed E-state index contributed by atoms with van der Waals surface area (Å²) in [7, 11) is 1.63. The van der Waals surface area contributed by atoms with Gasteiger partial charge in [-0.2, -0.15) is 0 Å². The number of benzene rings is 2. The summed E-state index contributed by atoms with van der Waals surface area (Å²) < 4.78 is 21.8. The Balaban J connectivity index is 1.16. The van der Waals surface area contributed by atoms with Crippen LogP contribution in [0.3, 0.4) is 0 Å². The van der Waals surface area contributed by atoms with Crippen molar-refractivity contribution in [2.24, 2.45) is 0 Å². The molecule has 1 N–H and O–H groups in total. The lowest BCUT2D eigenvalue weighted by Gasteiger charge is -2.32. The fourth-order valence-electron chi connectivity index (χ4n) is 5.19. The molecule has 0 saturated carbocycles. The van der Waals surface area contributed by atoms with E-state index in [0.29, 0.717) is 31.7 Å². The Morgan fingerprint density at radius 3 is 2.72 bits per heavy atom. The lowest BCUT2D eigenvalue weighted by Crippen LogP contribution is -2.42. The predicted molar refractivity (Wildman–Crippen MR) is 151 cm³/mol. The van der Waals surface area contributed by atoms with E-state index in [0.717, 1.165) is 73.4 Å². The van der Waals surface area contributed by atoms with Crippen molar-refractivity contribution in [3.8, 4) is 17.4 Å². The number of pyridine rings is 1. The molecule has 1 aromatic heterocycles. The Hall–Kier alpha value is -3.62. The molecule has 0 bridgehead atoms. The number of carbonyl (C=O) groups is 1. The molecule has 0 atom stereocenters. The van der Waals surface area contributed by atoms with E-state index in [1.165, 1.54) is 17.2 Å². The van der Waals surface area contributed by atoms with Crippen molar-refractivity contribution in [1.82, 2.24) is 15.2 Å². The summed E-state index contributed by atoms with van der Waals surface area (Å²) in [5.74, 6) is 1.92. The molecule has 0 spiro atoms. The van der Waals surface area contributed by atoms with Crippen molar-refractivity contribution >= 4 is 22.9 Å². The molecule has 2 aliphatic heterocycles. The van der Waals surface area contributed by atoms with Gasteiger partial charge in [-0.1, -0.05) is 18.2 Å². The van der Waals surface area contributed by atoms with Gasteiger partial charge >= 0.3 is 5.97 Å². The summed E-state index contributed by atoms with van der Waals surface area (Å²) in [6.45, 7) is 7.31. The van der Waals surface area contributed by atoms with Crippen molar-refractivity contribution in [1.29, 1.82) is 0 Å². The van der Waals surface area contributed by atoms with Crippen LogP contribution in [0.5, 0.6) is 17.4 Å². The number of nitrogens with zero attached hydrogens (tertiary/aromatic N) is 2. The highest BCUT2D eigenvalue weighted by Crippen LogP contribution is 2.31. The number of piperidine rings is 1. The van der Waals surface area contributed by atoms with Crippen LogP contribution in [-0.2, 0) is 22.5 Å². The van der Waals surface area contributed by atoms with E-state index >= 15 is 0 Å². The van der Waals surface area contributed by atoms with E-state index in [-0.39, 0.29) is 5.97 Å². The number of methoxy groups -OCH3 is 1. The third-order valence-corrected chi connectivity index (χ3v) is 7.33. The molecule has 2 aromatic carbocycles. The Kier molecular flexibility index (Phi) is 8.96. The standard InChI is InChI=1S/C31H37N3O5/c1-3-37-30(35)11-7-23-5-6-24(31-26(23)8-10-29(33-31)36-2)12-15-34-16-13-25(14-17-34)32-21-22-4-9-27-28(20-22)39-19-18-38-27/h4-11,20,25,32H,3,12-19,21H2,1-2H3/b11-7+. The molecule has 1 fully saturated rings. The van der Waals surface area contributed by atoms with Gasteiger partial charge < -0.3 is 29.2 Å². The molecule has 39 heavy (non-hydrogen) atoms. The molecular formula is C31H37N3O5. The van der Waals surface area contributed by atoms with E-state index < -0.39 is 0 Å². The maximum absolute atomic E-state index is 11.8. The fraction of sp³-hybridized carbons (Fsp3) is 0.419. The first kappa shape index (κ1) is 27.0. The zero-order valence-corrected chi connectivity index (χ0v) is 22.8. The Morgan fingerprint density at radius 2 is 1.92 bits per heavy atom. The third-order valence-electron chi connectivity index (χ3n) is 7.33. The summed E-state index contributed by atoms with van der Waals surface area (Å²) in [5, 5.41) is 4.72. The molecule has 8 nitrogen and oxygen atoms in total. The smallest absolute Gasteiger partial charge is 0.330 e. The summed E-state index contributed by atoms with van der Waals surface area (Å²) in [6.07, 6.45) is 6.40. The van der Waals surface area contributed by atoms with Crippen LogP contribution in [0.2, 0.25) is 0 Å². The van der Waals surface area contributed by atoms with E-state index in [4.69, 9.17) is 23.9 Å². The van der Waals surface area contributed by atoms with Crippen LogP contribution in [0.1, 0.15) is 36.5 Å². The van der Waals surface area contributed by atoms with Crippen LogP contribution in [-0.4, -0.2) is 68.5 Å². The van der Waals surface area contributed by atoms with Crippen molar-refractivity contribution in [2.45, 2.75) is 38.8 Å². The van der Waals surface area contributed by atoms with Crippen molar-refractivity contribution in [3.05, 3.63) is 65.2 Å². The van der Waals surface area contributed by atoms with Gasteiger partial charge in [0.2, 0.25) is 5.88 Å². The van der Waals surface area contributed by atoms with Crippen LogP contribution < -0.4 is 19.5 Å². The molecule has 5 rings (SSSR count). The third kappa shape index (κ3) is 6.88. The molecule has 0 radical (unpaired) electrons. The molecule has 1 saturated heterocycles. The minimum absolute atomic E-state index is 0.347. The molecule has 0 unspecified atom stereocenters. The van der Waals surface area contributed by atoms with Crippen LogP contribution in [0.15, 0.2) is 48.5 Å². The lowest BCUT2D eigenvalue weighted by atomic mass is 10.00. The first-order valence-corrected chi connectivity index (χ1v) is 13.8. The molecule has 0 amide bonds. The zero-order valence-electron chi connectivity index (χ0n) is 22.8. The van der Waals surface area contributed by atoms with Crippen molar-refractivity contribution < 1.29 is 23.7 Å². The average molecular weight is 532 g/mol. The van der Waals surface area contributed by atoms with Crippen LogP contribution in [0.25, 0.3) is 17.0 Å². The summed E-state index contributed by atoms with van der Waals surface area (Å²) >= 11 is 0. The van der Waals surface area contributed by atoms with E-state index in [2.05, 4.69) is 34.5 Å². The van der Waals surface area contributed by atoms with Gasteiger partial charge in [0, 0.05) is 36.7 Å². The number of aromatic nitrogens is 1. The zero-order chi connectivity index (χ0) is 27.0. The molecule has 0 aliphatic carbocycles. The van der Waals surface area contributed by atoms with Gasteiger partial charge in [-0.3, -0.25) is 0 Å². The number of likely N-dealkylation sites (tertiary alicyclic amines) is 1. The molecule has 206 valence electrons. The van der Waals surface area contributed by atoms with E-state index in [9.17, 15) is 4.79 Å². The molecule has 3 aromatic rings. The number of carbonyl (C=O) groups excluding carboxylic acids is 1. The lowest BCUT2D eigenvalue weighted by molar-refractivity contribution is -0.137. The van der Waals surface area contributed by atoms with Crippen LogP contribution in [0.4, 0.5) is 0 Å². The second-order valence-corrected chi connectivity index (χ2v) is 9.87. The number of hydrogen-bond donors (Lipinski definition) is 1. The highest BCUT2D eigenvalue weighted by atomic mass is 16.6. The predicted octanol–water partition coefficient (Wildman–Crippen LogP) is 4.39. The van der Waals surface area contributed by atoms with Gasteiger partial charge in [0.15, 0.2) is 11.5 Å². The summed E-state index contributed by atoms with van der Waals surface area (Å²) in [4.78, 5) is 19.1. The van der Waals surface area contributed by atoms with Crippen molar-refractivity contribution in [3.63, 3.8) is 0 Å². The highest BCUT2D eigenvalue weighted by molar-refractivity contribution is 5.94. The summed E-state index contributed by atoms with van der Waals surface area (Å²) in [6, 6.07) is 14.7. The van der Waals surface area contributed by atoms with Gasteiger partial charge in [-0.15, -0.1) is 0 Å². The maximum Gasteiger partial charge on any atom is 0.330 e. The normalized spacial score (nSPS) is 16.1. The minimum atomic E-state index is -0.347. The SMILES string of the molecule is CCOC(=O)/C=C/c1ccc(CCN2CCC(NCc3ccc4c(c3)OCCO4)CC2)c2nc(OC)ccc12. The van der Waals surface area contributed by atoms with Gasteiger partial charge in [-0.05, 0) is 80.2 Å². The Labute approximate surface area is 229 Å². The minimum Gasteiger partial charge on any atom is -0.486 e. The second kappa shape index (κ2) is 13.0. The van der Waals surface area contributed by atoms with Crippen LogP contribution >= 0.6 is 0 Å².